The number of nitrogens with one attached hydrogen (secondary N) is 2. The second-order valence-electron chi connectivity index (χ2n) is 6.00. The lowest BCUT2D eigenvalue weighted by molar-refractivity contribution is 0.0376. The number of sulfonamides is 1. The molecule has 140 valence electrons. The van der Waals surface area contributed by atoms with Crippen LogP contribution in [0.5, 0.6) is 0 Å². The fourth-order valence-electron chi connectivity index (χ4n) is 2.45. The molecule has 1 aliphatic rings. The Morgan fingerprint density at radius 2 is 2.04 bits per heavy atom. The van der Waals surface area contributed by atoms with Gasteiger partial charge in [-0.05, 0) is 43.4 Å². The summed E-state index contributed by atoms with van der Waals surface area (Å²) in [6, 6.07) is 6.63. The summed E-state index contributed by atoms with van der Waals surface area (Å²) in [5, 5.41) is 6.68. The van der Waals surface area contributed by atoms with Crippen LogP contribution in [-0.2, 0) is 14.8 Å². The molecule has 0 atom stereocenters. The van der Waals surface area contributed by atoms with Crippen LogP contribution in [0.1, 0.15) is 6.42 Å². The summed E-state index contributed by atoms with van der Waals surface area (Å²) >= 11 is 5.28. The maximum atomic E-state index is 12.2. The van der Waals surface area contributed by atoms with Crippen molar-refractivity contribution in [1.82, 2.24) is 14.5 Å². The number of anilines is 1. The minimum Gasteiger partial charge on any atom is -0.379 e. The highest BCUT2D eigenvalue weighted by Crippen LogP contribution is 2.17. The van der Waals surface area contributed by atoms with Crippen LogP contribution in [0.3, 0.4) is 0 Å². The molecule has 2 N–H and O–H groups in total. The summed E-state index contributed by atoms with van der Waals surface area (Å²) in [5.41, 5.74) is 0.647. The molecule has 0 unspecified atom stereocenters. The number of ether oxygens (including phenoxy) is 1. The summed E-state index contributed by atoms with van der Waals surface area (Å²) in [6.45, 7) is 5.35. The number of thiocarbonyl (C=S) groups is 1. The van der Waals surface area contributed by atoms with Gasteiger partial charge in [-0.2, -0.15) is 0 Å². The smallest absolute Gasteiger partial charge is 0.242 e. The van der Waals surface area contributed by atoms with E-state index in [-0.39, 0.29) is 4.90 Å². The first-order chi connectivity index (χ1) is 11.9. The van der Waals surface area contributed by atoms with Gasteiger partial charge < -0.3 is 15.4 Å². The van der Waals surface area contributed by atoms with Gasteiger partial charge in [0, 0.05) is 39.4 Å². The summed E-state index contributed by atoms with van der Waals surface area (Å²) in [5.74, 6) is 0. The number of nitrogens with zero attached hydrogens (tertiary/aromatic N) is 2. The van der Waals surface area contributed by atoms with Crippen LogP contribution in [0.15, 0.2) is 29.2 Å². The van der Waals surface area contributed by atoms with Crippen molar-refractivity contribution in [3.05, 3.63) is 24.3 Å². The Morgan fingerprint density at radius 1 is 1.32 bits per heavy atom. The molecule has 1 heterocycles. The Kier molecular flexibility index (Phi) is 7.57. The molecule has 0 bridgehead atoms. The molecule has 0 aliphatic carbocycles. The standard InChI is InChI=1S/C16H26N4O3S2/c1-19(2)25(21,22)15-6-3-5-14(13-15)18-16(24)17-7-4-8-20-9-11-23-12-10-20/h3,5-6,13H,4,7-12H2,1-2H3,(H2,17,18,24). The van der Waals surface area contributed by atoms with E-state index >= 15 is 0 Å². The summed E-state index contributed by atoms with van der Waals surface area (Å²) in [4.78, 5) is 2.61. The molecule has 1 fully saturated rings. The van der Waals surface area contributed by atoms with Crippen molar-refractivity contribution in [2.45, 2.75) is 11.3 Å². The third kappa shape index (κ3) is 6.19. The first-order valence-electron chi connectivity index (χ1n) is 8.27. The Balaban J connectivity index is 1.78. The van der Waals surface area contributed by atoms with Crippen molar-refractivity contribution in [2.75, 3.05) is 58.8 Å². The number of hydrogen-bond acceptors (Lipinski definition) is 5. The first kappa shape index (κ1) is 20.1. The van der Waals surface area contributed by atoms with E-state index in [9.17, 15) is 8.42 Å². The minimum absolute atomic E-state index is 0.234. The average Bonchev–Trinajstić information content (AvgIpc) is 2.60. The Morgan fingerprint density at radius 3 is 2.72 bits per heavy atom. The number of benzene rings is 1. The zero-order valence-electron chi connectivity index (χ0n) is 14.7. The van der Waals surface area contributed by atoms with Crippen LogP contribution < -0.4 is 10.6 Å². The van der Waals surface area contributed by atoms with E-state index < -0.39 is 10.0 Å². The van der Waals surface area contributed by atoms with E-state index in [1.165, 1.54) is 18.4 Å². The maximum absolute atomic E-state index is 12.2. The molecule has 2 rings (SSSR count). The minimum atomic E-state index is -3.45. The molecule has 9 heteroatoms. The van der Waals surface area contributed by atoms with Crippen molar-refractivity contribution < 1.29 is 13.2 Å². The van der Waals surface area contributed by atoms with Crippen LogP contribution in [0.4, 0.5) is 5.69 Å². The number of morpholine rings is 1. The van der Waals surface area contributed by atoms with Crippen LogP contribution in [-0.4, -0.2) is 76.2 Å². The van der Waals surface area contributed by atoms with E-state index in [4.69, 9.17) is 17.0 Å². The molecule has 1 aromatic carbocycles. The lowest BCUT2D eigenvalue weighted by Crippen LogP contribution is -2.38. The van der Waals surface area contributed by atoms with Gasteiger partial charge in [0.15, 0.2) is 5.11 Å². The van der Waals surface area contributed by atoms with Gasteiger partial charge in [0.25, 0.3) is 0 Å². The Hall–Kier alpha value is -1.26. The second kappa shape index (κ2) is 9.44. The summed E-state index contributed by atoms with van der Waals surface area (Å²) in [7, 11) is -0.435. The fourth-order valence-corrected chi connectivity index (χ4v) is 3.62. The fraction of sp³-hybridized carbons (Fsp3) is 0.562. The third-order valence-electron chi connectivity index (χ3n) is 3.91. The molecule has 0 amide bonds. The lowest BCUT2D eigenvalue weighted by Gasteiger charge is -2.26. The molecule has 0 aromatic heterocycles. The van der Waals surface area contributed by atoms with Crippen molar-refractivity contribution in [3.63, 3.8) is 0 Å². The SMILES string of the molecule is CN(C)S(=O)(=O)c1cccc(NC(=S)NCCCN2CCOCC2)c1. The normalized spacial score (nSPS) is 16.0. The zero-order chi connectivity index (χ0) is 18.3. The Labute approximate surface area is 155 Å². The maximum Gasteiger partial charge on any atom is 0.242 e. The van der Waals surface area contributed by atoms with Crippen molar-refractivity contribution in [1.29, 1.82) is 0 Å². The molecule has 25 heavy (non-hydrogen) atoms. The molecule has 0 saturated carbocycles. The first-order valence-corrected chi connectivity index (χ1v) is 10.1. The molecule has 1 saturated heterocycles. The van der Waals surface area contributed by atoms with E-state index in [0.29, 0.717) is 10.8 Å². The second-order valence-corrected chi connectivity index (χ2v) is 8.56. The molecule has 1 aromatic rings. The number of hydrogen-bond donors (Lipinski definition) is 2. The third-order valence-corrected chi connectivity index (χ3v) is 5.97. The largest absolute Gasteiger partial charge is 0.379 e. The average molecular weight is 387 g/mol. The van der Waals surface area contributed by atoms with Gasteiger partial charge in [-0.3, -0.25) is 4.90 Å². The van der Waals surface area contributed by atoms with Gasteiger partial charge >= 0.3 is 0 Å². The highest BCUT2D eigenvalue weighted by Gasteiger charge is 2.17. The van der Waals surface area contributed by atoms with Crippen molar-refractivity contribution in [2.24, 2.45) is 0 Å². The van der Waals surface area contributed by atoms with Gasteiger partial charge in [-0.1, -0.05) is 6.07 Å². The van der Waals surface area contributed by atoms with Crippen molar-refractivity contribution >= 4 is 33.0 Å². The molecular formula is C16H26N4O3S2. The zero-order valence-corrected chi connectivity index (χ0v) is 16.3. The predicted molar refractivity (Wildman–Crippen MR) is 103 cm³/mol. The molecular weight excluding hydrogens is 360 g/mol. The van der Waals surface area contributed by atoms with Crippen LogP contribution in [0.2, 0.25) is 0 Å². The van der Waals surface area contributed by atoms with E-state index in [1.807, 2.05) is 0 Å². The summed E-state index contributed by atoms with van der Waals surface area (Å²) in [6.07, 6.45) is 0.983. The van der Waals surface area contributed by atoms with E-state index in [1.54, 1.807) is 24.3 Å². The lowest BCUT2D eigenvalue weighted by atomic mass is 10.3. The van der Waals surface area contributed by atoms with Gasteiger partial charge in [0.05, 0.1) is 18.1 Å². The number of rotatable bonds is 7. The van der Waals surface area contributed by atoms with Gasteiger partial charge in [-0.15, -0.1) is 0 Å². The van der Waals surface area contributed by atoms with E-state index in [0.717, 1.165) is 45.8 Å². The van der Waals surface area contributed by atoms with E-state index in [2.05, 4.69) is 15.5 Å². The van der Waals surface area contributed by atoms with Gasteiger partial charge in [0.1, 0.15) is 0 Å². The molecule has 1 aliphatic heterocycles. The monoisotopic (exact) mass is 386 g/mol. The van der Waals surface area contributed by atoms with Crippen LogP contribution >= 0.6 is 12.2 Å². The Bertz CT molecular complexity index is 674. The molecule has 7 nitrogen and oxygen atoms in total. The van der Waals surface area contributed by atoms with Crippen LogP contribution in [0.25, 0.3) is 0 Å². The molecule has 0 spiro atoms. The highest BCUT2D eigenvalue weighted by molar-refractivity contribution is 7.89. The highest BCUT2D eigenvalue weighted by atomic mass is 32.2. The topological polar surface area (TPSA) is 73.9 Å². The van der Waals surface area contributed by atoms with Crippen LogP contribution in [0, 0.1) is 0 Å². The van der Waals surface area contributed by atoms with Crippen molar-refractivity contribution in [3.8, 4) is 0 Å². The van der Waals surface area contributed by atoms with Gasteiger partial charge in [0.2, 0.25) is 10.0 Å². The summed E-state index contributed by atoms with van der Waals surface area (Å²) < 4.78 is 30.8. The predicted octanol–water partition coefficient (Wildman–Crippen LogP) is 0.946. The quantitative estimate of drug-likeness (QED) is 0.534. The molecule has 0 radical (unpaired) electrons. The van der Waals surface area contributed by atoms with Gasteiger partial charge in [-0.25, -0.2) is 12.7 Å².